The summed E-state index contributed by atoms with van der Waals surface area (Å²) >= 11 is 0. The van der Waals surface area contributed by atoms with Crippen LogP contribution >= 0.6 is 0 Å². The number of rotatable bonds is 2. The van der Waals surface area contributed by atoms with Crippen molar-refractivity contribution in [3.05, 3.63) is 100 Å². The Hall–Kier alpha value is -5.12. The molecule has 0 saturated heterocycles. The van der Waals surface area contributed by atoms with E-state index >= 15 is 0 Å². The molecule has 2 N–H and O–H groups in total. The number of benzene rings is 2. The maximum atomic E-state index is 12.3. The van der Waals surface area contributed by atoms with Crippen LogP contribution in [-0.2, 0) is 19.8 Å². The van der Waals surface area contributed by atoms with Gasteiger partial charge in [-0.25, -0.2) is 0 Å². The molecule has 220 valence electrons. The van der Waals surface area contributed by atoms with Gasteiger partial charge in [0.2, 0.25) is 5.56 Å². The Morgan fingerprint density at radius 2 is 1.16 bits per heavy atom. The second kappa shape index (κ2) is 10.0. The Bertz CT molecular complexity index is 2410. The lowest BCUT2D eigenvalue weighted by Gasteiger charge is -2.14. The number of aromatic hydroxyl groups is 1. The van der Waals surface area contributed by atoms with Crippen LogP contribution in [-0.4, -0.2) is 23.8 Å². The summed E-state index contributed by atoms with van der Waals surface area (Å²) in [7, 11) is 0. The van der Waals surface area contributed by atoms with Crippen molar-refractivity contribution in [2.75, 3.05) is 0 Å². The first-order valence-electron chi connectivity index (χ1n) is 14.2. The van der Waals surface area contributed by atoms with E-state index in [4.69, 9.17) is 4.74 Å². The molecule has 6 aromatic rings. The molecule has 1 aliphatic rings. The van der Waals surface area contributed by atoms with Gasteiger partial charge in [-0.15, -0.1) is 0 Å². The minimum Gasteiger partial charge on any atom is -0.504 e. The summed E-state index contributed by atoms with van der Waals surface area (Å²) in [6.07, 6.45) is 0. The molecule has 0 unspecified atom stereocenters. The van der Waals surface area contributed by atoms with E-state index in [9.17, 15) is 24.3 Å². The lowest BCUT2D eigenvalue weighted by molar-refractivity contribution is 0.268. The molecule has 0 radical (unpaired) electrons. The number of phenolic OH excluding ortho intramolecular Hbond substituents is 1. The number of H-pyrrole nitrogens is 1. The van der Waals surface area contributed by atoms with Gasteiger partial charge in [0.15, 0.2) is 18.2 Å². The molecule has 0 fully saturated rings. The molecule has 0 atom stereocenters. The zero-order valence-corrected chi connectivity index (χ0v) is 24.9. The van der Waals surface area contributed by atoms with Gasteiger partial charge < -0.3 is 24.0 Å². The fourth-order valence-corrected chi connectivity index (χ4v) is 6.25. The Balaban J connectivity index is 0.000000153. The van der Waals surface area contributed by atoms with E-state index in [2.05, 4.69) is 11.1 Å². The molecule has 43 heavy (non-hydrogen) atoms. The first-order chi connectivity index (χ1) is 20.5. The van der Waals surface area contributed by atoms with E-state index in [-0.39, 0.29) is 34.7 Å². The number of aryl methyl sites for hydroxylation is 6. The molecule has 0 saturated carbocycles. The number of aromatic amines is 1. The van der Waals surface area contributed by atoms with Gasteiger partial charge in [-0.1, -0.05) is 0 Å². The highest BCUT2D eigenvalue weighted by molar-refractivity contribution is 6.05. The fraction of sp³-hybridized carbons (Fsp3) is 0.273. The number of nitrogens with one attached hydrogen (secondary N) is 1. The molecule has 0 aliphatic carbocycles. The van der Waals surface area contributed by atoms with Crippen molar-refractivity contribution in [3.63, 3.8) is 0 Å². The van der Waals surface area contributed by atoms with Gasteiger partial charge >= 0.3 is 0 Å². The van der Waals surface area contributed by atoms with E-state index in [1.54, 1.807) is 27.3 Å². The molecule has 2 aromatic carbocycles. The fourth-order valence-electron chi connectivity index (χ4n) is 6.25. The van der Waals surface area contributed by atoms with Gasteiger partial charge in [-0.05, 0) is 75.9 Å². The molecule has 7 rings (SSSR count). The van der Waals surface area contributed by atoms with Gasteiger partial charge in [-0.2, -0.15) is 0 Å². The predicted molar refractivity (Wildman–Crippen MR) is 169 cm³/mol. The standard InChI is InChI=1S/C17H16N2O3.C16H16N2O3/c1-4-18-13(20)5-9(2)11-7-12-10(3)6-14(21)19-8-22-17(15(11)18)16(12)19;1-4-18-13(20)6-9(3)11-7-10-8(2)5-12(19)17-14(10)16(21)15(11)18/h5-7H,4,8H2,1-3H3;5-7,21H,4H2,1-3H3,(H,17,19). The largest absolute Gasteiger partial charge is 0.504 e. The highest BCUT2D eigenvalue weighted by Crippen LogP contribution is 2.39. The van der Waals surface area contributed by atoms with Crippen molar-refractivity contribution < 1.29 is 9.84 Å². The van der Waals surface area contributed by atoms with Crippen LogP contribution in [0.2, 0.25) is 0 Å². The van der Waals surface area contributed by atoms with E-state index in [1.807, 2.05) is 47.6 Å². The summed E-state index contributed by atoms with van der Waals surface area (Å²) < 4.78 is 10.7. The molecule has 5 heterocycles. The zero-order valence-electron chi connectivity index (χ0n) is 24.9. The molecule has 0 amide bonds. The summed E-state index contributed by atoms with van der Waals surface area (Å²) in [6.45, 7) is 12.5. The van der Waals surface area contributed by atoms with Crippen LogP contribution < -0.4 is 27.0 Å². The first-order valence-corrected chi connectivity index (χ1v) is 14.2. The number of pyridine rings is 4. The highest BCUT2D eigenvalue weighted by atomic mass is 16.5. The summed E-state index contributed by atoms with van der Waals surface area (Å²) in [4.78, 5) is 50.8. The molecule has 0 bridgehead atoms. The minimum absolute atomic E-state index is 0.0415. The topological polar surface area (TPSA) is 128 Å². The maximum Gasteiger partial charge on any atom is 0.254 e. The zero-order chi connectivity index (χ0) is 30.9. The molecular weight excluding hydrogens is 548 g/mol. The van der Waals surface area contributed by atoms with Crippen molar-refractivity contribution in [2.24, 2.45) is 0 Å². The molecule has 1 aliphatic heterocycles. The van der Waals surface area contributed by atoms with Crippen LogP contribution in [0.1, 0.15) is 36.1 Å². The second-order valence-electron chi connectivity index (χ2n) is 11.0. The van der Waals surface area contributed by atoms with Gasteiger partial charge in [0.25, 0.3) is 16.7 Å². The van der Waals surface area contributed by atoms with Crippen LogP contribution in [0.5, 0.6) is 11.5 Å². The predicted octanol–water partition coefficient (Wildman–Crippen LogP) is 4.49. The summed E-state index contributed by atoms with van der Waals surface area (Å²) in [5.41, 5.74) is 5.34. The quantitative estimate of drug-likeness (QED) is 0.291. The van der Waals surface area contributed by atoms with Gasteiger partial charge in [0.1, 0.15) is 0 Å². The van der Waals surface area contributed by atoms with E-state index in [0.717, 1.165) is 54.8 Å². The third-order valence-corrected chi connectivity index (χ3v) is 8.40. The maximum absolute atomic E-state index is 12.3. The monoisotopic (exact) mass is 580 g/mol. The molecule has 4 aromatic heterocycles. The Kier molecular flexibility index (Phi) is 6.52. The van der Waals surface area contributed by atoms with Crippen molar-refractivity contribution in [1.82, 2.24) is 18.7 Å². The van der Waals surface area contributed by atoms with Gasteiger partial charge in [0, 0.05) is 58.9 Å². The number of hydrogen-bond donors (Lipinski definition) is 2. The second-order valence-corrected chi connectivity index (χ2v) is 11.0. The lowest BCUT2D eigenvalue weighted by atomic mass is 10.0. The SMILES string of the molecule is CCn1c(=O)cc(C)c2cc3c(C)cc(=O)[nH]c3c(O)c21.CCn1c(=O)cc(C)c2cc3c(C)cc(=O)n4c3c(c21)OC4. The third-order valence-electron chi connectivity index (χ3n) is 8.40. The van der Waals surface area contributed by atoms with Crippen LogP contribution in [0.25, 0.3) is 43.6 Å². The first kappa shape index (κ1) is 28.0. The van der Waals surface area contributed by atoms with Crippen LogP contribution in [0.3, 0.4) is 0 Å². The van der Waals surface area contributed by atoms with Crippen LogP contribution in [0.4, 0.5) is 0 Å². The Labute approximate surface area is 245 Å². The Morgan fingerprint density at radius 3 is 1.77 bits per heavy atom. The number of hydrogen-bond acceptors (Lipinski definition) is 6. The Morgan fingerprint density at radius 1 is 0.674 bits per heavy atom. The minimum atomic E-state index is -0.271. The molecule has 10 nitrogen and oxygen atoms in total. The van der Waals surface area contributed by atoms with Gasteiger partial charge in [0.05, 0.1) is 22.1 Å². The molecule has 10 heteroatoms. The normalized spacial score (nSPS) is 12.2. The highest BCUT2D eigenvalue weighted by Gasteiger charge is 2.24. The number of ether oxygens (including phenoxy) is 1. The van der Waals surface area contributed by atoms with Crippen molar-refractivity contribution in [2.45, 2.75) is 61.4 Å². The number of aromatic nitrogens is 4. The average molecular weight is 581 g/mol. The molecular formula is C33H32N4O6. The lowest BCUT2D eigenvalue weighted by Crippen LogP contribution is -2.19. The number of phenols is 1. The summed E-state index contributed by atoms with van der Waals surface area (Å²) in [5, 5.41) is 14.2. The van der Waals surface area contributed by atoms with Crippen LogP contribution in [0, 0.1) is 27.7 Å². The summed E-state index contributed by atoms with van der Waals surface area (Å²) in [5.74, 6) is 0.599. The van der Waals surface area contributed by atoms with E-state index in [0.29, 0.717) is 29.9 Å². The number of nitrogens with zero attached hydrogens (tertiary/aromatic N) is 3. The average Bonchev–Trinajstić information content (AvgIpc) is 3.40. The smallest absolute Gasteiger partial charge is 0.254 e. The van der Waals surface area contributed by atoms with Crippen LogP contribution in [0.15, 0.2) is 55.6 Å². The molecule has 0 spiro atoms. The van der Waals surface area contributed by atoms with E-state index < -0.39 is 0 Å². The van der Waals surface area contributed by atoms with Gasteiger partial charge in [-0.3, -0.25) is 23.7 Å². The number of fused-ring (bicyclic) bond motifs is 4. The van der Waals surface area contributed by atoms with Crippen molar-refractivity contribution in [3.8, 4) is 11.5 Å². The van der Waals surface area contributed by atoms with Crippen molar-refractivity contribution in [1.29, 1.82) is 0 Å². The van der Waals surface area contributed by atoms with E-state index in [1.165, 1.54) is 10.6 Å². The third kappa shape index (κ3) is 4.16. The summed E-state index contributed by atoms with van der Waals surface area (Å²) in [6, 6.07) is 10.3. The van der Waals surface area contributed by atoms with Crippen molar-refractivity contribution >= 4 is 43.6 Å².